The maximum atomic E-state index is 11.8. The van der Waals surface area contributed by atoms with E-state index in [0.29, 0.717) is 17.5 Å². The molecular formula is C28H24Na2O6S2. The Balaban J connectivity index is 0.00000253. The predicted octanol–water partition coefficient (Wildman–Crippen LogP) is 5.17. The van der Waals surface area contributed by atoms with E-state index in [9.17, 15) is 25.9 Å². The van der Waals surface area contributed by atoms with Crippen molar-refractivity contribution in [2.75, 3.05) is 0 Å². The topological polar surface area (TPSA) is 109 Å². The molecule has 0 amide bonds. The van der Waals surface area contributed by atoms with E-state index in [-0.39, 0.29) is 68.9 Å². The molecule has 0 unspecified atom stereocenters. The van der Waals surface area contributed by atoms with Gasteiger partial charge in [0.25, 0.3) is 20.2 Å². The number of rotatable bonds is 7. The molecule has 0 saturated carbocycles. The first-order valence-corrected chi connectivity index (χ1v) is 13.9. The van der Waals surface area contributed by atoms with Crippen molar-refractivity contribution in [3.05, 3.63) is 126 Å². The second-order valence-electron chi connectivity index (χ2n) is 8.37. The summed E-state index contributed by atoms with van der Waals surface area (Å²) >= 11 is 0. The molecule has 4 rings (SSSR count). The van der Waals surface area contributed by atoms with Crippen LogP contribution in [-0.4, -0.2) is 85.1 Å². The molecule has 0 heterocycles. The van der Waals surface area contributed by atoms with Gasteiger partial charge in [-0.2, -0.15) is 16.8 Å². The third kappa shape index (κ3) is 8.22. The normalized spacial score (nSPS) is 17.6. The number of allylic oxidation sites excluding steroid dienone is 6. The fourth-order valence-electron chi connectivity index (χ4n) is 4.01. The molecule has 2 N–H and O–H groups in total. The van der Waals surface area contributed by atoms with Crippen LogP contribution in [0.3, 0.4) is 0 Å². The molecule has 0 spiro atoms. The average molecular weight is 567 g/mol. The Morgan fingerprint density at radius 3 is 1.53 bits per heavy atom. The largest absolute Gasteiger partial charge is 0.295 e. The summed E-state index contributed by atoms with van der Waals surface area (Å²) in [6, 6.07) is 22.0. The van der Waals surface area contributed by atoms with Crippen LogP contribution in [0.15, 0.2) is 119 Å². The summed E-state index contributed by atoms with van der Waals surface area (Å²) < 4.78 is 66.5. The van der Waals surface area contributed by atoms with Gasteiger partial charge in [-0.15, -0.1) is 0 Å². The van der Waals surface area contributed by atoms with Gasteiger partial charge in [0.2, 0.25) is 0 Å². The molecule has 6 nitrogen and oxygen atoms in total. The Labute approximate surface area is 268 Å². The molecule has 10 heteroatoms. The maximum absolute atomic E-state index is 11.8. The molecule has 2 radical (unpaired) electrons. The van der Waals surface area contributed by atoms with E-state index in [1.807, 2.05) is 48.6 Å². The third-order valence-corrected chi connectivity index (χ3v) is 7.75. The van der Waals surface area contributed by atoms with Crippen molar-refractivity contribution in [1.29, 1.82) is 0 Å². The summed E-state index contributed by atoms with van der Waals surface area (Å²) in [5.41, 5.74) is 1.96. The third-order valence-electron chi connectivity index (χ3n) is 5.90. The van der Waals surface area contributed by atoms with Crippen molar-refractivity contribution in [3.8, 4) is 0 Å². The van der Waals surface area contributed by atoms with E-state index < -0.39 is 25.7 Å². The van der Waals surface area contributed by atoms with Crippen molar-refractivity contribution in [1.82, 2.24) is 0 Å². The smallest absolute Gasteiger partial charge is 0.282 e. The number of benzene rings is 3. The molecule has 0 fully saturated rings. The van der Waals surface area contributed by atoms with Crippen LogP contribution < -0.4 is 0 Å². The van der Waals surface area contributed by atoms with Gasteiger partial charge in [0.1, 0.15) is 9.79 Å². The quantitative estimate of drug-likeness (QED) is 0.302. The summed E-state index contributed by atoms with van der Waals surface area (Å²) in [5.74, 6) is 0. The van der Waals surface area contributed by atoms with Gasteiger partial charge in [-0.1, -0.05) is 109 Å². The molecule has 186 valence electrons. The summed E-state index contributed by atoms with van der Waals surface area (Å²) in [5, 5.41) is 0. The minimum absolute atomic E-state index is 0. The fraction of sp³-hybridized carbons (Fsp3) is 0.0714. The zero-order valence-corrected chi connectivity index (χ0v) is 26.7. The van der Waals surface area contributed by atoms with Gasteiger partial charge in [-0.05, 0) is 40.8 Å². The monoisotopic (exact) mass is 566 g/mol. The van der Waals surface area contributed by atoms with E-state index >= 15 is 0 Å². The van der Waals surface area contributed by atoms with Gasteiger partial charge < -0.3 is 0 Å². The Morgan fingerprint density at radius 1 is 0.658 bits per heavy atom. The van der Waals surface area contributed by atoms with Gasteiger partial charge in [-0.3, -0.25) is 9.11 Å². The standard InChI is InChI=1S/C28H24O6S2.2Na/c29-35(30,31)26-12-6-4-10-24(26)16-20-28(18-14-23(15-19-28)22-8-2-1-3-9-22)21-17-25-11-5-7-13-27(25)36(32,33)34;;/h1-18,20-21H,19H2,(H,29,30,31)(H,32,33,34);;. The van der Waals surface area contributed by atoms with Crippen LogP contribution in [0.2, 0.25) is 0 Å². The van der Waals surface area contributed by atoms with Crippen molar-refractivity contribution >= 4 is 97.1 Å². The Bertz CT molecular complexity index is 1520. The number of hydrogen-bond acceptors (Lipinski definition) is 4. The minimum Gasteiger partial charge on any atom is -0.282 e. The first kappa shape index (κ1) is 32.7. The van der Waals surface area contributed by atoms with Gasteiger partial charge in [0.05, 0.1) is 0 Å². The van der Waals surface area contributed by atoms with Crippen LogP contribution in [-0.2, 0) is 20.2 Å². The van der Waals surface area contributed by atoms with Crippen molar-refractivity contribution in [2.24, 2.45) is 5.41 Å². The molecule has 0 atom stereocenters. The molecule has 3 aromatic rings. The summed E-state index contributed by atoms with van der Waals surface area (Å²) in [6.45, 7) is 0. The molecule has 0 saturated heterocycles. The van der Waals surface area contributed by atoms with Gasteiger partial charge in [0, 0.05) is 64.5 Å². The van der Waals surface area contributed by atoms with Crippen LogP contribution >= 0.6 is 0 Å². The van der Waals surface area contributed by atoms with Crippen LogP contribution in [0.4, 0.5) is 0 Å². The fourth-order valence-corrected chi connectivity index (χ4v) is 5.38. The second kappa shape index (κ2) is 13.7. The molecule has 0 bridgehead atoms. The van der Waals surface area contributed by atoms with E-state index in [0.717, 1.165) is 11.1 Å². The molecule has 1 aliphatic carbocycles. The van der Waals surface area contributed by atoms with Crippen LogP contribution in [0.5, 0.6) is 0 Å². The SMILES string of the molecule is O=S(=O)(O)c1ccccc1C=CC1(C=Cc2ccccc2S(=O)(=O)O)C=CC(c2ccccc2)=CC1.[Na].[Na]. The van der Waals surface area contributed by atoms with Crippen LogP contribution in [0.25, 0.3) is 17.7 Å². The summed E-state index contributed by atoms with van der Waals surface area (Å²) in [7, 11) is -8.84. The zero-order chi connectivity index (χ0) is 25.8. The molecule has 1 aliphatic rings. The van der Waals surface area contributed by atoms with Gasteiger partial charge in [-0.25, -0.2) is 0 Å². The maximum Gasteiger partial charge on any atom is 0.295 e. The molecule has 0 aliphatic heterocycles. The number of hydrogen-bond donors (Lipinski definition) is 2. The summed E-state index contributed by atoms with van der Waals surface area (Å²) in [4.78, 5) is -0.421. The average Bonchev–Trinajstić information content (AvgIpc) is 2.87. The molecule has 3 aromatic carbocycles. The molecule has 38 heavy (non-hydrogen) atoms. The first-order valence-electron chi connectivity index (χ1n) is 11.0. The van der Waals surface area contributed by atoms with Gasteiger partial charge >= 0.3 is 0 Å². The van der Waals surface area contributed by atoms with Crippen molar-refractivity contribution in [2.45, 2.75) is 16.2 Å². The Hall–Kier alpha value is -1.56. The molecule has 0 aromatic heterocycles. The summed E-state index contributed by atoms with van der Waals surface area (Å²) in [6.07, 6.45) is 13.3. The van der Waals surface area contributed by atoms with E-state index in [1.54, 1.807) is 48.6 Å². The minimum atomic E-state index is -4.42. The second-order valence-corrected chi connectivity index (χ2v) is 11.1. The van der Waals surface area contributed by atoms with Crippen molar-refractivity contribution < 1.29 is 25.9 Å². The van der Waals surface area contributed by atoms with E-state index in [2.05, 4.69) is 0 Å². The predicted molar refractivity (Wildman–Crippen MR) is 153 cm³/mol. The first-order chi connectivity index (χ1) is 17.1. The Kier molecular flexibility index (Phi) is 11.8. The van der Waals surface area contributed by atoms with E-state index in [1.165, 1.54) is 24.3 Å². The van der Waals surface area contributed by atoms with E-state index in [4.69, 9.17) is 0 Å². The van der Waals surface area contributed by atoms with Crippen molar-refractivity contribution in [3.63, 3.8) is 0 Å². The zero-order valence-electron chi connectivity index (χ0n) is 21.1. The molecular weight excluding hydrogens is 542 g/mol. The Morgan fingerprint density at radius 2 is 1.11 bits per heavy atom. The van der Waals surface area contributed by atoms with Gasteiger partial charge in [0.15, 0.2) is 0 Å². The van der Waals surface area contributed by atoms with Crippen LogP contribution in [0, 0.1) is 5.41 Å². The van der Waals surface area contributed by atoms with Crippen LogP contribution in [0.1, 0.15) is 23.1 Å².